The number of hydrogen-bond acceptors (Lipinski definition) is 3. The lowest BCUT2D eigenvalue weighted by atomic mass is 10.1. The highest BCUT2D eigenvalue weighted by molar-refractivity contribution is 5.78. The fourth-order valence-electron chi connectivity index (χ4n) is 1.95. The average Bonchev–Trinajstić information content (AvgIpc) is 2.39. The van der Waals surface area contributed by atoms with Crippen LogP contribution in [0.15, 0.2) is 30.3 Å². The van der Waals surface area contributed by atoms with Crippen molar-refractivity contribution >= 4 is 5.91 Å². The van der Waals surface area contributed by atoms with E-state index in [0.29, 0.717) is 13.1 Å². The predicted octanol–water partition coefficient (Wildman–Crippen LogP) is 0.415. The van der Waals surface area contributed by atoms with Gasteiger partial charge in [0.1, 0.15) is 6.61 Å². The molecule has 1 aliphatic heterocycles. The molecule has 0 aliphatic carbocycles. The maximum Gasteiger partial charge on any atom is 0.248 e. The molecular weight excluding hydrogens is 216 g/mol. The van der Waals surface area contributed by atoms with Crippen molar-refractivity contribution in [1.82, 2.24) is 4.90 Å². The number of carbonyl (C=O) groups excluding carboxylic acids is 1. The lowest BCUT2D eigenvalue weighted by Gasteiger charge is -2.32. The van der Waals surface area contributed by atoms with E-state index < -0.39 is 0 Å². The molecule has 1 atom stereocenters. The van der Waals surface area contributed by atoms with Crippen LogP contribution in [0.3, 0.4) is 0 Å². The Bertz CT molecular complexity index is 367. The topological polar surface area (TPSA) is 55.6 Å². The summed E-state index contributed by atoms with van der Waals surface area (Å²) in [7, 11) is 0. The minimum absolute atomic E-state index is 0.0107. The minimum Gasteiger partial charge on any atom is -0.365 e. The van der Waals surface area contributed by atoms with E-state index in [1.165, 1.54) is 5.56 Å². The molecule has 1 amide bonds. The molecule has 4 nitrogen and oxygen atoms in total. The highest BCUT2D eigenvalue weighted by atomic mass is 16.5. The smallest absolute Gasteiger partial charge is 0.248 e. The number of nitrogens with zero attached hydrogens (tertiary/aromatic N) is 1. The van der Waals surface area contributed by atoms with Crippen LogP contribution in [0.5, 0.6) is 0 Å². The Morgan fingerprint density at radius 2 is 2.12 bits per heavy atom. The molecule has 1 saturated heterocycles. The number of rotatable bonds is 4. The van der Waals surface area contributed by atoms with Crippen LogP contribution < -0.4 is 5.73 Å². The lowest BCUT2D eigenvalue weighted by Crippen LogP contribution is -2.49. The monoisotopic (exact) mass is 234 g/mol. The van der Waals surface area contributed by atoms with Crippen molar-refractivity contribution in [3.63, 3.8) is 0 Å². The van der Waals surface area contributed by atoms with Crippen LogP contribution in [-0.2, 0) is 16.0 Å². The van der Waals surface area contributed by atoms with E-state index in [0.717, 1.165) is 13.0 Å². The summed E-state index contributed by atoms with van der Waals surface area (Å²) in [6.45, 7) is 1.98. The van der Waals surface area contributed by atoms with Gasteiger partial charge in [-0.25, -0.2) is 0 Å². The number of nitrogens with two attached hydrogens (primary N) is 1. The molecule has 1 aliphatic rings. The molecule has 2 N–H and O–H groups in total. The van der Waals surface area contributed by atoms with Gasteiger partial charge in [0.15, 0.2) is 0 Å². The van der Waals surface area contributed by atoms with Crippen molar-refractivity contribution in [3.05, 3.63) is 35.9 Å². The number of benzene rings is 1. The van der Waals surface area contributed by atoms with Crippen LogP contribution in [0.4, 0.5) is 0 Å². The zero-order valence-electron chi connectivity index (χ0n) is 9.84. The lowest BCUT2D eigenvalue weighted by molar-refractivity contribution is -0.148. The average molecular weight is 234 g/mol. The van der Waals surface area contributed by atoms with Crippen LogP contribution in [0, 0.1) is 0 Å². The van der Waals surface area contributed by atoms with E-state index >= 15 is 0 Å². The van der Waals surface area contributed by atoms with Crippen LogP contribution in [0.1, 0.15) is 5.56 Å². The van der Waals surface area contributed by atoms with E-state index in [1.807, 2.05) is 23.1 Å². The van der Waals surface area contributed by atoms with Gasteiger partial charge in [-0.15, -0.1) is 0 Å². The summed E-state index contributed by atoms with van der Waals surface area (Å²) in [5.74, 6) is 0.0608. The van der Waals surface area contributed by atoms with Gasteiger partial charge in [0.25, 0.3) is 0 Å². The molecule has 2 rings (SSSR count). The highest BCUT2D eigenvalue weighted by Gasteiger charge is 2.24. The molecule has 1 fully saturated rings. The number of amides is 1. The van der Waals surface area contributed by atoms with Gasteiger partial charge in [-0.2, -0.15) is 0 Å². The Labute approximate surface area is 101 Å². The fraction of sp³-hybridized carbons (Fsp3) is 0.462. The largest absolute Gasteiger partial charge is 0.365 e. The second-order valence-electron chi connectivity index (χ2n) is 4.24. The van der Waals surface area contributed by atoms with Crippen LogP contribution in [-0.4, -0.2) is 43.2 Å². The Balaban J connectivity index is 1.87. The molecule has 0 radical (unpaired) electrons. The first-order valence-electron chi connectivity index (χ1n) is 5.93. The van der Waals surface area contributed by atoms with E-state index in [2.05, 4.69) is 12.1 Å². The van der Waals surface area contributed by atoms with Crippen LogP contribution >= 0.6 is 0 Å². The standard InChI is InChI=1S/C13H18N2O2/c14-8-12-9-15(13(16)10-17-12)7-6-11-4-2-1-3-5-11/h1-5,12H,6-10,14H2. The molecule has 1 heterocycles. The second kappa shape index (κ2) is 5.80. The van der Waals surface area contributed by atoms with E-state index in [-0.39, 0.29) is 18.6 Å². The Kier molecular flexibility index (Phi) is 4.12. The third-order valence-electron chi connectivity index (χ3n) is 3.00. The van der Waals surface area contributed by atoms with Crippen molar-refractivity contribution in [1.29, 1.82) is 0 Å². The molecule has 1 aromatic carbocycles. The molecule has 92 valence electrons. The Morgan fingerprint density at radius 3 is 2.82 bits per heavy atom. The van der Waals surface area contributed by atoms with Crippen molar-refractivity contribution in [2.45, 2.75) is 12.5 Å². The summed E-state index contributed by atoms with van der Waals surface area (Å²) >= 11 is 0. The second-order valence-corrected chi connectivity index (χ2v) is 4.24. The molecule has 0 aromatic heterocycles. The summed E-state index contributed by atoms with van der Waals surface area (Å²) in [4.78, 5) is 13.5. The van der Waals surface area contributed by atoms with E-state index in [4.69, 9.17) is 10.5 Å². The van der Waals surface area contributed by atoms with Crippen molar-refractivity contribution in [2.24, 2.45) is 5.73 Å². The van der Waals surface area contributed by atoms with Gasteiger partial charge >= 0.3 is 0 Å². The van der Waals surface area contributed by atoms with Gasteiger partial charge in [0.2, 0.25) is 5.91 Å². The molecule has 0 spiro atoms. The minimum atomic E-state index is -0.0107. The predicted molar refractivity (Wildman–Crippen MR) is 65.5 cm³/mol. The Morgan fingerprint density at radius 1 is 1.35 bits per heavy atom. The van der Waals surface area contributed by atoms with E-state index in [9.17, 15) is 4.79 Å². The summed E-state index contributed by atoms with van der Waals surface area (Å²) in [5.41, 5.74) is 6.80. The molecule has 1 aromatic rings. The van der Waals surface area contributed by atoms with Crippen molar-refractivity contribution in [2.75, 3.05) is 26.2 Å². The van der Waals surface area contributed by atoms with Gasteiger partial charge in [-0.3, -0.25) is 4.79 Å². The molecule has 17 heavy (non-hydrogen) atoms. The normalized spacial score (nSPS) is 20.6. The summed E-state index contributed by atoms with van der Waals surface area (Å²) < 4.78 is 5.31. The highest BCUT2D eigenvalue weighted by Crippen LogP contribution is 2.08. The molecular formula is C13H18N2O2. The van der Waals surface area contributed by atoms with Crippen molar-refractivity contribution < 1.29 is 9.53 Å². The zero-order chi connectivity index (χ0) is 12.1. The van der Waals surface area contributed by atoms with Gasteiger partial charge in [-0.1, -0.05) is 30.3 Å². The quantitative estimate of drug-likeness (QED) is 0.821. The first-order valence-corrected chi connectivity index (χ1v) is 5.93. The van der Waals surface area contributed by atoms with Gasteiger partial charge in [-0.05, 0) is 12.0 Å². The van der Waals surface area contributed by atoms with Crippen molar-refractivity contribution in [3.8, 4) is 0 Å². The van der Waals surface area contributed by atoms with E-state index in [1.54, 1.807) is 0 Å². The van der Waals surface area contributed by atoms with Gasteiger partial charge in [0, 0.05) is 19.6 Å². The summed E-state index contributed by atoms with van der Waals surface area (Å²) in [6, 6.07) is 10.2. The third-order valence-corrected chi connectivity index (χ3v) is 3.00. The van der Waals surface area contributed by atoms with Gasteiger partial charge < -0.3 is 15.4 Å². The van der Waals surface area contributed by atoms with Crippen LogP contribution in [0.25, 0.3) is 0 Å². The van der Waals surface area contributed by atoms with Crippen LogP contribution in [0.2, 0.25) is 0 Å². The SMILES string of the molecule is NCC1CN(CCc2ccccc2)C(=O)CO1. The molecule has 4 heteroatoms. The zero-order valence-corrected chi connectivity index (χ0v) is 9.84. The van der Waals surface area contributed by atoms with Gasteiger partial charge in [0.05, 0.1) is 6.10 Å². The number of morpholine rings is 1. The first kappa shape index (κ1) is 12.1. The fourth-order valence-corrected chi connectivity index (χ4v) is 1.95. The summed E-state index contributed by atoms with van der Waals surface area (Å²) in [6.07, 6.45) is 0.868. The number of hydrogen-bond donors (Lipinski definition) is 1. The number of carbonyl (C=O) groups is 1. The molecule has 0 bridgehead atoms. The first-order chi connectivity index (χ1) is 8.29. The maximum atomic E-state index is 11.6. The Hall–Kier alpha value is -1.39. The molecule has 0 saturated carbocycles. The third kappa shape index (κ3) is 3.28. The maximum absolute atomic E-state index is 11.6. The molecule has 1 unspecified atom stereocenters. The summed E-state index contributed by atoms with van der Waals surface area (Å²) in [5, 5.41) is 0. The number of ether oxygens (including phenoxy) is 1.